The van der Waals surface area contributed by atoms with Gasteiger partial charge in [0, 0.05) is 18.7 Å². The van der Waals surface area contributed by atoms with Crippen LogP contribution in [0.4, 0.5) is 5.69 Å². The Morgan fingerprint density at radius 2 is 2.33 bits per heavy atom. The van der Waals surface area contributed by atoms with E-state index < -0.39 is 0 Å². The normalized spacial score (nSPS) is 21.2. The molecule has 1 aromatic carbocycles. The van der Waals surface area contributed by atoms with E-state index in [2.05, 4.69) is 5.32 Å². The number of nitro benzene ring substituents is 1. The summed E-state index contributed by atoms with van der Waals surface area (Å²) in [7, 11) is 0. The van der Waals surface area contributed by atoms with Gasteiger partial charge in [0.2, 0.25) is 0 Å². The van der Waals surface area contributed by atoms with Crippen molar-refractivity contribution >= 4 is 5.69 Å². The van der Waals surface area contributed by atoms with Crippen LogP contribution in [0.15, 0.2) is 24.3 Å². The highest BCUT2D eigenvalue weighted by molar-refractivity contribution is 5.36. The Hall–Kier alpha value is -1.42. The van der Waals surface area contributed by atoms with Gasteiger partial charge in [0.1, 0.15) is 0 Å². The lowest BCUT2D eigenvalue weighted by Crippen LogP contribution is -2.28. The summed E-state index contributed by atoms with van der Waals surface area (Å²) < 4.78 is 0. The predicted octanol–water partition coefficient (Wildman–Crippen LogP) is 2.06. The first-order valence-electron chi connectivity index (χ1n) is 5.22. The maximum atomic E-state index is 10.6. The van der Waals surface area contributed by atoms with Crippen molar-refractivity contribution in [2.75, 3.05) is 13.1 Å². The van der Waals surface area contributed by atoms with Gasteiger partial charge < -0.3 is 5.32 Å². The molecule has 0 saturated carbocycles. The zero-order chi connectivity index (χ0) is 10.7. The molecular weight excluding hydrogens is 192 g/mol. The van der Waals surface area contributed by atoms with Gasteiger partial charge in [0.05, 0.1) is 4.92 Å². The number of non-ortho nitro benzene ring substituents is 1. The second-order valence-electron chi connectivity index (χ2n) is 3.90. The van der Waals surface area contributed by atoms with Gasteiger partial charge in [0.15, 0.2) is 0 Å². The molecule has 0 aliphatic carbocycles. The maximum Gasteiger partial charge on any atom is 0.269 e. The van der Waals surface area contributed by atoms with E-state index in [1.807, 2.05) is 6.07 Å². The van der Waals surface area contributed by atoms with Crippen molar-refractivity contribution in [3.8, 4) is 0 Å². The van der Waals surface area contributed by atoms with Gasteiger partial charge in [-0.15, -0.1) is 0 Å². The predicted molar refractivity (Wildman–Crippen MR) is 57.9 cm³/mol. The van der Waals surface area contributed by atoms with E-state index in [-0.39, 0.29) is 10.6 Å². The van der Waals surface area contributed by atoms with Crippen molar-refractivity contribution in [3.63, 3.8) is 0 Å². The molecule has 0 amide bonds. The molecule has 0 bridgehead atoms. The zero-order valence-corrected chi connectivity index (χ0v) is 8.48. The third-order valence-electron chi connectivity index (χ3n) is 2.85. The van der Waals surface area contributed by atoms with Crippen molar-refractivity contribution in [1.29, 1.82) is 0 Å². The lowest BCUT2D eigenvalue weighted by molar-refractivity contribution is -0.384. The zero-order valence-electron chi connectivity index (χ0n) is 8.48. The third kappa shape index (κ3) is 2.33. The van der Waals surface area contributed by atoms with Crippen molar-refractivity contribution in [3.05, 3.63) is 39.9 Å². The molecule has 4 nitrogen and oxygen atoms in total. The summed E-state index contributed by atoms with van der Waals surface area (Å²) in [6.45, 7) is 1.99. The van der Waals surface area contributed by atoms with E-state index in [0.717, 1.165) is 31.5 Å². The minimum atomic E-state index is -0.334. The van der Waals surface area contributed by atoms with Crippen molar-refractivity contribution < 1.29 is 4.92 Å². The average Bonchev–Trinajstić information content (AvgIpc) is 2.30. The molecule has 1 atom stereocenters. The summed E-state index contributed by atoms with van der Waals surface area (Å²) in [5.41, 5.74) is 1.27. The summed E-state index contributed by atoms with van der Waals surface area (Å²) in [5, 5.41) is 13.9. The van der Waals surface area contributed by atoms with Crippen LogP contribution in [0.1, 0.15) is 24.3 Å². The van der Waals surface area contributed by atoms with Gasteiger partial charge in [0.25, 0.3) is 5.69 Å². The number of piperidine rings is 1. The lowest BCUT2D eigenvalue weighted by atomic mass is 9.91. The largest absolute Gasteiger partial charge is 0.316 e. The molecule has 1 unspecified atom stereocenters. The second kappa shape index (κ2) is 4.40. The molecule has 1 heterocycles. The van der Waals surface area contributed by atoms with E-state index in [1.54, 1.807) is 18.2 Å². The van der Waals surface area contributed by atoms with E-state index in [0.29, 0.717) is 5.92 Å². The summed E-state index contributed by atoms with van der Waals surface area (Å²) in [6, 6.07) is 6.98. The van der Waals surface area contributed by atoms with Gasteiger partial charge in [-0.2, -0.15) is 0 Å². The quantitative estimate of drug-likeness (QED) is 0.595. The standard InChI is InChI=1S/C11H14N2O2/c14-13(15)11-5-1-3-9(7-11)10-4-2-6-12-8-10/h1,3,5,7,10,12H,2,4,6,8H2. The van der Waals surface area contributed by atoms with Crippen molar-refractivity contribution in [2.24, 2.45) is 0 Å². The highest BCUT2D eigenvalue weighted by atomic mass is 16.6. The van der Waals surface area contributed by atoms with Crippen LogP contribution < -0.4 is 5.32 Å². The Balaban J connectivity index is 2.19. The van der Waals surface area contributed by atoms with E-state index in [4.69, 9.17) is 0 Å². The van der Waals surface area contributed by atoms with E-state index >= 15 is 0 Å². The Morgan fingerprint density at radius 1 is 1.47 bits per heavy atom. The minimum absolute atomic E-state index is 0.193. The Kier molecular flexibility index (Phi) is 2.97. The van der Waals surface area contributed by atoms with Crippen LogP contribution in [0.2, 0.25) is 0 Å². The van der Waals surface area contributed by atoms with Gasteiger partial charge >= 0.3 is 0 Å². The number of nitrogens with one attached hydrogen (secondary N) is 1. The van der Waals surface area contributed by atoms with Gasteiger partial charge in [-0.05, 0) is 30.9 Å². The summed E-state index contributed by atoms with van der Waals surface area (Å²) >= 11 is 0. The molecule has 15 heavy (non-hydrogen) atoms. The number of hydrogen-bond donors (Lipinski definition) is 1. The summed E-state index contributed by atoms with van der Waals surface area (Å²) in [4.78, 5) is 10.3. The molecule has 80 valence electrons. The van der Waals surface area contributed by atoms with Crippen LogP contribution in [0.5, 0.6) is 0 Å². The lowest BCUT2D eigenvalue weighted by Gasteiger charge is -2.22. The molecular formula is C11H14N2O2. The van der Waals surface area contributed by atoms with Gasteiger partial charge in [-0.3, -0.25) is 10.1 Å². The number of hydrogen-bond acceptors (Lipinski definition) is 3. The van der Waals surface area contributed by atoms with Crippen LogP contribution in [-0.4, -0.2) is 18.0 Å². The van der Waals surface area contributed by atoms with Crippen LogP contribution in [0, 0.1) is 10.1 Å². The highest BCUT2D eigenvalue weighted by Gasteiger charge is 2.17. The van der Waals surface area contributed by atoms with Gasteiger partial charge in [-0.25, -0.2) is 0 Å². The molecule has 1 fully saturated rings. The molecule has 1 N–H and O–H groups in total. The molecule has 1 aromatic rings. The monoisotopic (exact) mass is 206 g/mol. The maximum absolute atomic E-state index is 10.6. The molecule has 1 saturated heterocycles. The first-order valence-corrected chi connectivity index (χ1v) is 5.22. The topological polar surface area (TPSA) is 55.2 Å². The van der Waals surface area contributed by atoms with E-state index in [1.165, 1.54) is 0 Å². The molecule has 4 heteroatoms. The molecule has 0 radical (unpaired) electrons. The smallest absolute Gasteiger partial charge is 0.269 e. The number of nitrogens with zero attached hydrogens (tertiary/aromatic N) is 1. The molecule has 1 aliphatic heterocycles. The number of benzene rings is 1. The van der Waals surface area contributed by atoms with Crippen molar-refractivity contribution in [1.82, 2.24) is 5.32 Å². The molecule has 0 spiro atoms. The SMILES string of the molecule is O=[N+]([O-])c1cccc(C2CCCNC2)c1. The van der Waals surface area contributed by atoms with Crippen LogP contribution >= 0.6 is 0 Å². The van der Waals surface area contributed by atoms with Crippen LogP contribution in [0.25, 0.3) is 0 Å². The van der Waals surface area contributed by atoms with Crippen molar-refractivity contribution in [2.45, 2.75) is 18.8 Å². The number of nitro groups is 1. The van der Waals surface area contributed by atoms with E-state index in [9.17, 15) is 10.1 Å². The molecule has 1 aliphatic rings. The fourth-order valence-corrected chi connectivity index (χ4v) is 2.03. The second-order valence-corrected chi connectivity index (χ2v) is 3.90. The number of rotatable bonds is 2. The average molecular weight is 206 g/mol. The summed E-state index contributed by atoms with van der Waals surface area (Å²) in [6.07, 6.45) is 2.27. The first-order chi connectivity index (χ1) is 7.27. The Labute approximate surface area is 88.5 Å². The van der Waals surface area contributed by atoms with Crippen LogP contribution in [0.3, 0.4) is 0 Å². The first kappa shape index (κ1) is 10.1. The summed E-state index contributed by atoms with van der Waals surface area (Å²) in [5.74, 6) is 0.429. The fourth-order valence-electron chi connectivity index (χ4n) is 2.03. The van der Waals surface area contributed by atoms with Crippen LogP contribution in [-0.2, 0) is 0 Å². The Morgan fingerprint density at radius 3 is 3.00 bits per heavy atom. The Bertz CT molecular complexity index is 359. The minimum Gasteiger partial charge on any atom is -0.316 e. The third-order valence-corrected chi connectivity index (χ3v) is 2.85. The molecule has 0 aromatic heterocycles. The fraction of sp³-hybridized carbons (Fsp3) is 0.455. The highest BCUT2D eigenvalue weighted by Crippen LogP contribution is 2.25. The molecule has 2 rings (SSSR count). The van der Waals surface area contributed by atoms with Gasteiger partial charge in [-0.1, -0.05) is 12.1 Å².